The molecule has 0 fully saturated rings. The van der Waals surface area contributed by atoms with Crippen molar-refractivity contribution in [1.82, 2.24) is 0 Å². The van der Waals surface area contributed by atoms with Crippen molar-refractivity contribution in [3.8, 4) is 5.75 Å². The molecule has 0 saturated carbocycles. The van der Waals surface area contributed by atoms with Crippen LogP contribution in [-0.2, 0) is 9.59 Å². The lowest BCUT2D eigenvalue weighted by Gasteiger charge is -2.16. The molecule has 10 nitrogen and oxygen atoms in total. The summed E-state index contributed by atoms with van der Waals surface area (Å²) >= 11 is 0. The van der Waals surface area contributed by atoms with Gasteiger partial charge in [-0.2, -0.15) is 0 Å². The summed E-state index contributed by atoms with van der Waals surface area (Å²) in [5.41, 5.74) is 0.227. The molecule has 29 heavy (non-hydrogen) atoms. The fourth-order valence-corrected chi connectivity index (χ4v) is 2.70. The molecular weight excluding hydrogens is 384 g/mol. The van der Waals surface area contributed by atoms with Crippen molar-refractivity contribution in [2.45, 2.75) is 31.6 Å². The molecule has 2 aromatic carbocycles. The maximum Gasteiger partial charge on any atom is 0.318 e. The molecule has 1 unspecified atom stereocenters. The summed E-state index contributed by atoms with van der Waals surface area (Å²) in [6.45, 7) is 0. The second kappa shape index (κ2) is 9.93. The first-order valence-electron chi connectivity index (χ1n) is 8.70. The Balaban J connectivity index is 2.15. The second-order valence-corrected chi connectivity index (χ2v) is 6.21. The van der Waals surface area contributed by atoms with Crippen molar-refractivity contribution >= 4 is 23.3 Å². The predicted molar refractivity (Wildman–Crippen MR) is 101 cm³/mol. The van der Waals surface area contributed by atoms with Crippen LogP contribution in [0.1, 0.15) is 37.2 Å². The van der Waals surface area contributed by atoms with Gasteiger partial charge in [0.25, 0.3) is 11.4 Å². The Labute approximate surface area is 165 Å². The summed E-state index contributed by atoms with van der Waals surface area (Å²) < 4.78 is 5.31. The minimum atomic E-state index is -0.939. The van der Waals surface area contributed by atoms with Crippen molar-refractivity contribution in [3.05, 3.63) is 74.3 Å². The minimum Gasteiger partial charge on any atom is -0.481 e. The van der Waals surface area contributed by atoms with Crippen LogP contribution in [0.2, 0.25) is 0 Å². The van der Waals surface area contributed by atoms with Gasteiger partial charge in [-0.25, -0.2) is 0 Å². The van der Waals surface area contributed by atoms with E-state index in [1.807, 2.05) is 0 Å². The van der Waals surface area contributed by atoms with Crippen molar-refractivity contribution in [3.63, 3.8) is 0 Å². The molecule has 1 atom stereocenters. The Morgan fingerprint density at radius 3 is 1.90 bits per heavy atom. The number of carbonyl (C=O) groups excluding carboxylic acids is 1. The molecule has 0 amide bonds. The lowest BCUT2D eigenvalue weighted by molar-refractivity contribution is -0.385. The number of ether oxygens (including phenoxy) is 1. The van der Waals surface area contributed by atoms with Crippen LogP contribution in [-0.4, -0.2) is 26.9 Å². The van der Waals surface area contributed by atoms with Gasteiger partial charge in [0.15, 0.2) is 0 Å². The van der Waals surface area contributed by atoms with E-state index in [-0.39, 0.29) is 30.0 Å². The number of rotatable bonds is 10. The smallest absolute Gasteiger partial charge is 0.318 e. The Hall–Kier alpha value is -3.82. The van der Waals surface area contributed by atoms with Crippen LogP contribution in [0.3, 0.4) is 0 Å². The number of carboxylic acid groups (broad SMARTS) is 1. The van der Waals surface area contributed by atoms with Gasteiger partial charge >= 0.3 is 11.9 Å². The number of nitrogens with zero attached hydrogens (tertiary/aromatic N) is 2. The Bertz CT molecular complexity index is 893. The fourth-order valence-electron chi connectivity index (χ4n) is 2.70. The summed E-state index contributed by atoms with van der Waals surface area (Å²) in [4.78, 5) is 43.7. The third kappa shape index (κ3) is 6.38. The van der Waals surface area contributed by atoms with E-state index in [0.717, 1.165) is 0 Å². The molecule has 0 radical (unpaired) electrons. The zero-order valence-corrected chi connectivity index (χ0v) is 15.2. The number of nitro groups is 2. The highest BCUT2D eigenvalue weighted by Gasteiger charge is 2.24. The highest BCUT2D eigenvalue weighted by atomic mass is 16.6. The zero-order valence-electron chi connectivity index (χ0n) is 15.2. The van der Waals surface area contributed by atoms with E-state index in [0.29, 0.717) is 18.4 Å². The summed E-state index contributed by atoms with van der Waals surface area (Å²) in [6.07, 6.45) is 1.05. The number of unbranched alkanes of at least 4 members (excludes halogenated alkanes) is 1. The summed E-state index contributed by atoms with van der Waals surface area (Å²) in [6, 6.07) is 10.5. The summed E-state index contributed by atoms with van der Waals surface area (Å²) in [5, 5.41) is 30.3. The van der Waals surface area contributed by atoms with Crippen LogP contribution in [0, 0.1) is 20.2 Å². The number of nitro benzene ring substituents is 2. The fraction of sp³-hybridized carbons (Fsp3) is 0.263. The average molecular weight is 402 g/mol. The van der Waals surface area contributed by atoms with E-state index in [4.69, 9.17) is 9.84 Å². The zero-order chi connectivity index (χ0) is 21.4. The highest BCUT2D eigenvalue weighted by molar-refractivity contribution is 5.80. The van der Waals surface area contributed by atoms with Crippen molar-refractivity contribution in [2.75, 3.05) is 0 Å². The van der Waals surface area contributed by atoms with E-state index in [2.05, 4.69) is 0 Å². The molecular formula is C19H18N2O8. The van der Waals surface area contributed by atoms with Gasteiger partial charge in [-0.05, 0) is 30.5 Å². The average Bonchev–Trinajstić information content (AvgIpc) is 2.68. The monoisotopic (exact) mass is 402 g/mol. The molecule has 10 heteroatoms. The van der Waals surface area contributed by atoms with E-state index in [1.54, 1.807) is 0 Å². The van der Waals surface area contributed by atoms with Crippen molar-refractivity contribution < 1.29 is 29.3 Å². The number of aliphatic carboxylic acids is 1. The number of carboxylic acids is 1. The molecule has 0 spiro atoms. The topological polar surface area (TPSA) is 150 Å². The molecule has 0 aliphatic heterocycles. The van der Waals surface area contributed by atoms with Crippen molar-refractivity contribution in [2.24, 2.45) is 0 Å². The van der Waals surface area contributed by atoms with Crippen LogP contribution in [0.25, 0.3) is 0 Å². The molecule has 0 saturated heterocycles. The number of hydrogen-bond acceptors (Lipinski definition) is 7. The largest absolute Gasteiger partial charge is 0.481 e. The molecule has 0 aliphatic carbocycles. The van der Waals surface area contributed by atoms with Crippen LogP contribution in [0.5, 0.6) is 5.75 Å². The lowest BCUT2D eigenvalue weighted by Crippen LogP contribution is -2.19. The van der Waals surface area contributed by atoms with Gasteiger partial charge in [-0.1, -0.05) is 18.6 Å². The number of carbonyl (C=O) groups is 2. The molecule has 0 aromatic heterocycles. The SMILES string of the molecule is O=C(O)CCCCC(C(=O)Oc1ccc([N+](=O)[O-])cc1)c1ccc([N+](=O)[O-])cc1. The maximum absolute atomic E-state index is 12.7. The quantitative estimate of drug-likeness (QED) is 0.207. The molecule has 152 valence electrons. The first kappa shape index (κ1) is 21.5. The third-order valence-corrected chi connectivity index (χ3v) is 4.19. The van der Waals surface area contributed by atoms with E-state index < -0.39 is 27.7 Å². The van der Waals surface area contributed by atoms with Crippen LogP contribution >= 0.6 is 0 Å². The maximum atomic E-state index is 12.7. The van der Waals surface area contributed by atoms with Crippen LogP contribution in [0.4, 0.5) is 11.4 Å². The van der Waals surface area contributed by atoms with Gasteiger partial charge in [0.1, 0.15) is 5.75 Å². The Kier molecular flexibility index (Phi) is 7.35. The van der Waals surface area contributed by atoms with Crippen LogP contribution in [0.15, 0.2) is 48.5 Å². The van der Waals surface area contributed by atoms with E-state index in [1.165, 1.54) is 48.5 Å². The number of non-ortho nitro benzene ring substituents is 2. The first-order valence-corrected chi connectivity index (χ1v) is 8.70. The molecule has 2 rings (SSSR count). The second-order valence-electron chi connectivity index (χ2n) is 6.21. The third-order valence-electron chi connectivity index (χ3n) is 4.19. The van der Waals surface area contributed by atoms with Gasteiger partial charge in [0, 0.05) is 30.7 Å². The first-order chi connectivity index (χ1) is 13.8. The Morgan fingerprint density at radius 1 is 0.897 bits per heavy atom. The molecule has 2 aromatic rings. The minimum absolute atomic E-state index is 0.0373. The standard InChI is InChI=1S/C19H18N2O8/c22-18(23)4-2-1-3-17(13-5-7-14(8-6-13)20(25)26)19(24)29-16-11-9-15(10-12-16)21(27)28/h5-12,17H,1-4H2,(H,22,23). The van der Waals surface area contributed by atoms with Gasteiger partial charge in [-0.3, -0.25) is 29.8 Å². The van der Waals surface area contributed by atoms with Gasteiger partial charge in [0.05, 0.1) is 15.8 Å². The normalized spacial score (nSPS) is 11.4. The number of esters is 1. The molecule has 0 heterocycles. The van der Waals surface area contributed by atoms with Crippen LogP contribution < -0.4 is 4.74 Å². The summed E-state index contributed by atoms with van der Waals surface area (Å²) in [7, 11) is 0. The Morgan fingerprint density at radius 2 is 1.41 bits per heavy atom. The molecule has 0 aliphatic rings. The van der Waals surface area contributed by atoms with Crippen molar-refractivity contribution in [1.29, 1.82) is 0 Å². The van der Waals surface area contributed by atoms with Gasteiger partial charge in [0.2, 0.25) is 0 Å². The van der Waals surface area contributed by atoms with Gasteiger partial charge in [-0.15, -0.1) is 0 Å². The molecule has 0 bridgehead atoms. The van der Waals surface area contributed by atoms with E-state index >= 15 is 0 Å². The highest BCUT2D eigenvalue weighted by Crippen LogP contribution is 2.27. The van der Waals surface area contributed by atoms with Gasteiger partial charge < -0.3 is 9.84 Å². The summed E-state index contributed by atoms with van der Waals surface area (Å²) in [5.74, 6) is -2.22. The lowest BCUT2D eigenvalue weighted by atomic mass is 9.93. The predicted octanol–water partition coefficient (Wildman–Crippen LogP) is 3.84. The van der Waals surface area contributed by atoms with E-state index in [9.17, 15) is 29.8 Å². The molecule has 1 N–H and O–H groups in total. The number of benzene rings is 2. The number of hydrogen-bond donors (Lipinski definition) is 1.